The van der Waals surface area contributed by atoms with Crippen LogP contribution in [0.25, 0.3) is 10.9 Å². The summed E-state index contributed by atoms with van der Waals surface area (Å²) >= 11 is 3.44. The van der Waals surface area contributed by atoms with E-state index in [0.717, 1.165) is 15.4 Å². The van der Waals surface area contributed by atoms with Crippen LogP contribution >= 0.6 is 15.9 Å². The number of carboxylic acid groups (broad SMARTS) is 1. The average molecular weight is 401 g/mol. The molecular weight excluding hydrogens is 384 g/mol. The Hall–Kier alpha value is -2.60. The van der Waals surface area contributed by atoms with Crippen molar-refractivity contribution in [3.8, 4) is 0 Å². The second-order valence-electron chi connectivity index (χ2n) is 5.71. The van der Waals surface area contributed by atoms with Crippen molar-refractivity contribution >= 4 is 38.7 Å². The van der Waals surface area contributed by atoms with E-state index >= 15 is 0 Å². The molecule has 0 fully saturated rings. The van der Waals surface area contributed by atoms with Gasteiger partial charge in [-0.15, -0.1) is 0 Å². The summed E-state index contributed by atoms with van der Waals surface area (Å²) in [5, 5.41) is 13.0. The normalized spacial score (nSPS) is 12.0. The summed E-state index contributed by atoms with van der Waals surface area (Å²) in [7, 11) is 0. The molecule has 2 aromatic carbocycles. The highest BCUT2D eigenvalue weighted by Gasteiger charge is 2.21. The van der Waals surface area contributed by atoms with Crippen LogP contribution in [0.1, 0.15) is 18.0 Å². The lowest BCUT2D eigenvalue weighted by Crippen LogP contribution is -2.34. The third-order valence-corrected chi connectivity index (χ3v) is 4.49. The Bertz CT molecular complexity index is 905. The Morgan fingerprint density at radius 3 is 2.60 bits per heavy atom. The van der Waals surface area contributed by atoms with Gasteiger partial charge < -0.3 is 15.0 Å². The van der Waals surface area contributed by atoms with E-state index in [1.165, 1.54) is 0 Å². The van der Waals surface area contributed by atoms with Crippen molar-refractivity contribution < 1.29 is 14.7 Å². The minimum Gasteiger partial charge on any atom is -0.479 e. The van der Waals surface area contributed by atoms with E-state index < -0.39 is 12.0 Å². The summed E-state index contributed by atoms with van der Waals surface area (Å²) in [6.45, 7) is 0.484. The van der Waals surface area contributed by atoms with Gasteiger partial charge in [0, 0.05) is 34.5 Å². The number of aryl methyl sites for hydroxylation is 1. The van der Waals surface area contributed by atoms with Crippen molar-refractivity contribution in [1.82, 2.24) is 9.88 Å². The number of benzene rings is 2. The molecule has 0 bridgehead atoms. The quantitative estimate of drug-likeness (QED) is 0.661. The second kappa shape index (κ2) is 7.53. The maximum absolute atomic E-state index is 12.2. The number of hydrogen-bond acceptors (Lipinski definition) is 2. The van der Waals surface area contributed by atoms with E-state index in [0.29, 0.717) is 12.1 Å². The molecule has 0 spiro atoms. The van der Waals surface area contributed by atoms with Gasteiger partial charge in [0.1, 0.15) is 0 Å². The van der Waals surface area contributed by atoms with Crippen LogP contribution in [0.2, 0.25) is 0 Å². The van der Waals surface area contributed by atoms with E-state index in [-0.39, 0.29) is 12.3 Å². The standard InChI is InChI=1S/C19H17BrN2O3/c20-15-6-7-16-14(12-15)8-10-22(16)11-9-17(23)21-18(19(24)25)13-4-2-1-3-5-13/h1-8,10,12,18H,9,11H2,(H,21,23)(H,24,25). The summed E-state index contributed by atoms with van der Waals surface area (Å²) in [6, 6.07) is 15.6. The maximum atomic E-state index is 12.2. The van der Waals surface area contributed by atoms with Gasteiger partial charge in [-0.1, -0.05) is 46.3 Å². The van der Waals surface area contributed by atoms with Crippen LogP contribution in [0.4, 0.5) is 0 Å². The molecule has 2 N–H and O–H groups in total. The Labute approximate surface area is 153 Å². The maximum Gasteiger partial charge on any atom is 0.330 e. The van der Waals surface area contributed by atoms with Gasteiger partial charge in [0.25, 0.3) is 0 Å². The van der Waals surface area contributed by atoms with Gasteiger partial charge >= 0.3 is 5.97 Å². The van der Waals surface area contributed by atoms with Gasteiger partial charge in [-0.05, 0) is 29.8 Å². The summed E-state index contributed by atoms with van der Waals surface area (Å²) in [4.78, 5) is 23.7. The van der Waals surface area contributed by atoms with E-state index in [2.05, 4.69) is 21.2 Å². The molecule has 3 aromatic rings. The summed E-state index contributed by atoms with van der Waals surface area (Å²) in [5.41, 5.74) is 1.59. The Balaban J connectivity index is 1.66. The van der Waals surface area contributed by atoms with Crippen molar-refractivity contribution in [3.05, 3.63) is 70.8 Å². The van der Waals surface area contributed by atoms with Crippen molar-refractivity contribution in [2.45, 2.75) is 19.0 Å². The first kappa shape index (κ1) is 17.2. The number of halogens is 1. The minimum absolute atomic E-state index is 0.205. The van der Waals surface area contributed by atoms with Crippen molar-refractivity contribution in [3.63, 3.8) is 0 Å². The predicted octanol–water partition coefficient (Wildman–Crippen LogP) is 3.74. The van der Waals surface area contributed by atoms with E-state index in [4.69, 9.17) is 0 Å². The van der Waals surface area contributed by atoms with E-state index in [1.54, 1.807) is 30.3 Å². The number of hydrogen-bond donors (Lipinski definition) is 2. The average Bonchev–Trinajstić information content (AvgIpc) is 3.00. The Kier molecular flexibility index (Phi) is 5.19. The molecule has 0 saturated heterocycles. The largest absolute Gasteiger partial charge is 0.479 e. The third-order valence-electron chi connectivity index (χ3n) is 4.00. The SMILES string of the molecule is O=C(CCn1ccc2cc(Br)ccc21)NC(C(=O)O)c1ccccc1. The van der Waals surface area contributed by atoms with E-state index in [9.17, 15) is 14.7 Å². The number of nitrogens with zero attached hydrogens (tertiary/aromatic N) is 1. The summed E-state index contributed by atoms with van der Waals surface area (Å²) < 4.78 is 2.99. The van der Waals surface area contributed by atoms with Crippen LogP contribution in [-0.2, 0) is 16.1 Å². The molecule has 1 heterocycles. The molecule has 1 amide bonds. The molecule has 6 heteroatoms. The second-order valence-corrected chi connectivity index (χ2v) is 6.63. The first-order valence-electron chi connectivity index (χ1n) is 7.86. The highest BCUT2D eigenvalue weighted by atomic mass is 79.9. The first-order chi connectivity index (χ1) is 12.0. The molecule has 5 nitrogen and oxygen atoms in total. The molecule has 128 valence electrons. The first-order valence-corrected chi connectivity index (χ1v) is 8.65. The van der Waals surface area contributed by atoms with E-state index in [1.807, 2.05) is 35.0 Å². The highest BCUT2D eigenvalue weighted by Crippen LogP contribution is 2.21. The lowest BCUT2D eigenvalue weighted by Gasteiger charge is -2.15. The fourth-order valence-electron chi connectivity index (χ4n) is 2.75. The molecule has 0 aliphatic heterocycles. The minimum atomic E-state index is -1.07. The Morgan fingerprint density at radius 1 is 1.12 bits per heavy atom. The molecule has 0 radical (unpaired) electrons. The molecule has 1 unspecified atom stereocenters. The molecular formula is C19H17BrN2O3. The number of nitrogens with one attached hydrogen (secondary N) is 1. The van der Waals surface area contributed by atoms with Gasteiger partial charge in [0.15, 0.2) is 6.04 Å². The van der Waals surface area contributed by atoms with Crippen LogP contribution in [0, 0.1) is 0 Å². The molecule has 1 atom stereocenters. The number of rotatable bonds is 6. The van der Waals surface area contributed by atoms with Crippen LogP contribution in [-0.4, -0.2) is 21.6 Å². The topological polar surface area (TPSA) is 71.3 Å². The van der Waals surface area contributed by atoms with Crippen LogP contribution in [0.3, 0.4) is 0 Å². The van der Waals surface area contributed by atoms with Gasteiger partial charge in [0.2, 0.25) is 5.91 Å². The lowest BCUT2D eigenvalue weighted by molar-refractivity contribution is -0.142. The lowest BCUT2D eigenvalue weighted by atomic mass is 10.1. The number of carbonyl (C=O) groups is 2. The molecule has 1 aromatic heterocycles. The fourth-order valence-corrected chi connectivity index (χ4v) is 3.13. The zero-order valence-electron chi connectivity index (χ0n) is 13.4. The van der Waals surface area contributed by atoms with Gasteiger partial charge in [-0.25, -0.2) is 4.79 Å². The zero-order chi connectivity index (χ0) is 17.8. The van der Waals surface area contributed by atoms with Gasteiger partial charge in [0.05, 0.1) is 0 Å². The monoisotopic (exact) mass is 400 g/mol. The van der Waals surface area contributed by atoms with Gasteiger partial charge in [-0.3, -0.25) is 4.79 Å². The fraction of sp³-hybridized carbons (Fsp3) is 0.158. The number of aromatic nitrogens is 1. The van der Waals surface area contributed by atoms with Crippen LogP contribution < -0.4 is 5.32 Å². The number of carbonyl (C=O) groups excluding carboxylic acids is 1. The van der Waals surface area contributed by atoms with Crippen molar-refractivity contribution in [1.29, 1.82) is 0 Å². The summed E-state index contributed by atoms with van der Waals surface area (Å²) in [6.07, 6.45) is 2.13. The van der Waals surface area contributed by atoms with Gasteiger partial charge in [-0.2, -0.15) is 0 Å². The van der Waals surface area contributed by atoms with Crippen molar-refractivity contribution in [2.24, 2.45) is 0 Å². The number of aliphatic carboxylic acids is 1. The molecule has 3 rings (SSSR count). The van der Waals surface area contributed by atoms with Crippen LogP contribution in [0.15, 0.2) is 65.3 Å². The molecule has 0 aliphatic carbocycles. The van der Waals surface area contributed by atoms with Crippen molar-refractivity contribution in [2.75, 3.05) is 0 Å². The number of fused-ring (bicyclic) bond motifs is 1. The molecule has 25 heavy (non-hydrogen) atoms. The smallest absolute Gasteiger partial charge is 0.330 e. The predicted molar refractivity (Wildman–Crippen MR) is 99.2 cm³/mol. The molecule has 0 saturated carbocycles. The Morgan fingerprint density at radius 2 is 1.88 bits per heavy atom. The summed E-state index contributed by atoms with van der Waals surface area (Å²) in [5.74, 6) is -1.37. The number of carboxylic acids is 1. The zero-order valence-corrected chi connectivity index (χ0v) is 14.9. The van der Waals surface area contributed by atoms with Crippen LogP contribution in [0.5, 0.6) is 0 Å². The molecule has 0 aliphatic rings. The number of amides is 1. The highest BCUT2D eigenvalue weighted by molar-refractivity contribution is 9.10. The third kappa shape index (κ3) is 4.09.